The molecule has 94 valence electrons. The summed E-state index contributed by atoms with van der Waals surface area (Å²) in [5.74, 6) is -0.604. The summed E-state index contributed by atoms with van der Waals surface area (Å²) in [4.78, 5) is 19.8. The Morgan fingerprint density at radius 2 is 1.88 bits per heavy atom. The van der Waals surface area contributed by atoms with Gasteiger partial charge in [0.25, 0.3) is 0 Å². The predicted molar refractivity (Wildman–Crippen MR) is 54.6 cm³/mol. The zero-order valence-electron chi connectivity index (χ0n) is 8.92. The zero-order valence-corrected chi connectivity index (χ0v) is 9.81. The molecule has 0 saturated carbocycles. The number of rotatable bonds is 8. The van der Waals surface area contributed by atoms with Gasteiger partial charge in [0.1, 0.15) is 6.61 Å². The van der Waals surface area contributed by atoms with Gasteiger partial charge in [0.05, 0.1) is 19.8 Å². The molecule has 0 fully saturated rings. The fraction of sp³-hybridized carbons (Fsp3) is 0.625. The van der Waals surface area contributed by atoms with Crippen LogP contribution in [0, 0.1) is 0 Å². The molecule has 0 aromatic heterocycles. The van der Waals surface area contributed by atoms with Gasteiger partial charge in [-0.1, -0.05) is 6.58 Å². The monoisotopic (exact) mass is 254 g/mol. The van der Waals surface area contributed by atoms with Crippen LogP contribution in [0.1, 0.15) is 6.92 Å². The molecule has 0 bridgehead atoms. The summed E-state index contributed by atoms with van der Waals surface area (Å²) in [5.41, 5.74) is 0.226. The smallest absolute Gasteiger partial charge is 0.460 e. The van der Waals surface area contributed by atoms with Crippen molar-refractivity contribution >= 4 is 13.8 Å². The molecule has 1 unspecified atom stereocenters. The van der Waals surface area contributed by atoms with Gasteiger partial charge in [0, 0.05) is 5.57 Å². The Bertz CT molecular complexity index is 288. The van der Waals surface area contributed by atoms with Gasteiger partial charge in [-0.25, -0.2) is 9.36 Å². The number of phosphoric ester groups is 1. The zero-order chi connectivity index (χ0) is 12.6. The molecule has 0 amide bonds. The fourth-order valence-electron chi connectivity index (χ4n) is 0.604. The third-order valence-electron chi connectivity index (χ3n) is 1.27. The van der Waals surface area contributed by atoms with Crippen molar-refractivity contribution in [2.45, 2.75) is 6.92 Å². The van der Waals surface area contributed by atoms with Gasteiger partial charge in [0.15, 0.2) is 0 Å². The predicted octanol–water partition coefficient (Wildman–Crippen LogP) is 0.232. The molecule has 0 heterocycles. The second-order valence-corrected chi connectivity index (χ2v) is 4.23. The normalized spacial score (nSPS) is 14.2. The summed E-state index contributed by atoms with van der Waals surface area (Å²) < 4.78 is 24.3. The molecule has 0 rings (SSSR count). The number of esters is 1. The molecule has 7 nitrogen and oxygen atoms in total. The quantitative estimate of drug-likeness (QED) is 0.276. The van der Waals surface area contributed by atoms with Crippen molar-refractivity contribution < 1.29 is 33.1 Å². The van der Waals surface area contributed by atoms with Crippen LogP contribution in [-0.4, -0.2) is 42.4 Å². The van der Waals surface area contributed by atoms with Crippen molar-refractivity contribution in [2.24, 2.45) is 0 Å². The van der Waals surface area contributed by atoms with Crippen LogP contribution < -0.4 is 0 Å². The molecule has 0 radical (unpaired) electrons. The maximum absolute atomic E-state index is 11.0. The lowest BCUT2D eigenvalue weighted by Crippen LogP contribution is -2.11. The molecule has 0 aliphatic rings. The summed E-state index contributed by atoms with van der Waals surface area (Å²) in [5, 5.41) is 8.34. The minimum atomic E-state index is -4.17. The van der Waals surface area contributed by atoms with E-state index in [0.29, 0.717) is 0 Å². The number of aliphatic hydroxyl groups excluding tert-OH is 1. The van der Waals surface area contributed by atoms with Crippen LogP contribution in [0.5, 0.6) is 0 Å². The average molecular weight is 254 g/mol. The Morgan fingerprint density at radius 1 is 1.31 bits per heavy atom. The summed E-state index contributed by atoms with van der Waals surface area (Å²) in [6.45, 7) is 3.67. The van der Waals surface area contributed by atoms with Gasteiger partial charge in [0.2, 0.25) is 0 Å². The summed E-state index contributed by atoms with van der Waals surface area (Å²) in [6.07, 6.45) is 0. The van der Waals surface area contributed by atoms with Crippen LogP contribution in [0.25, 0.3) is 0 Å². The molecule has 16 heavy (non-hydrogen) atoms. The van der Waals surface area contributed by atoms with Crippen LogP contribution in [0.15, 0.2) is 12.2 Å². The summed E-state index contributed by atoms with van der Waals surface area (Å²) in [7, 11) is -4.17. The number of hydrogen-bond donors (Lipinski definition) is 2. The van der Waals surface area contributed by atoms with E-state index in [1.807, 2.05) is 0 Å². The van der Waals surface area contributed by atoms with E-state index in [1.165, 1.54) is 6.92 Å². The van der Waals surface area contributed by atoms with Crippen molar-refractivity contribution in [3.63, 3.8) is 0 Å². The van der Waals surface area contributed by atoms with E-state index in [2.05, 4.69) is 20.4 Å². The number of carbonyl (C=O) groups excluding carboxylic acids is 1. The van der Waals surface area contributed by atoms with E-state index >= 15 is 0 Å². The Hall–Kier alpha value is -0.720. The minimum absolute atomic E-state index is 0.182. The SMILES string of the molecule is C=C(C)C(=O)OCCOP(=O)(O)OCCO. The lowest BCUT2D eigenvalue weighted by Gasteiger charge is -2.11. The van der Waals surface area contributed by atoms with Gasteiger partial charge in [-0.3, -0.25) is 9.05 Å². The average Bonchev–Trinajstić information content (AvgIpc) is 2.21. The molecule has 0 aliphatic heterocycles. The maximum Gasteiger partial charge on any atom is 0.472 e. The fourth-order valence-corrected chi connectivity index (χ4v) is 1.30. The topological polar surface area (TPSA) is 102 Å². The Balaban J connectivity index is 3.69. The first-order valence-electron chi connectivity index (χ1n) is 4.44. The van der Waals surface area contributed by atoms with Crippen LogP contribution in [0.3, 0.4) is 0 Å². The molecular weight excluding hydrogens is 239 g/mol. The second kappa shape index (κ2) is 7.54. The van der Waals surface area contributed by atoms with Crippen molar-refractivity contribution in [1.82, 2.24) is 0 Å². The Morgan fingerprint density at radius 3 is 2.38 bits per heavy atom. The van der Waals surface area contributed by atoms with E-state index < -0.39 is 20.4 Å². The van der Waals surface area contributed by atoms with Crippen LogP contribution in [0.4, 0.5) is 0 Å². The molecular formula is C8H15O7P. The van der Waals surface area contributed by atoms with Crippen molar-refractivity contribution in [3.05, 3.63) is 12.2 Å². The largest absolute Gasteiger partial charge is 0.472 e. The van der Waals surface area contributed by atoms with Crippen LogP contribution >= 0.6 is 7.82 Å². The molecule has 1 atom stereocenters. The van der Waals surface area contributed by atoms with Gasteiger partial charge >= 0.3 is 13.8 Å². The summed E-state index contributed by atoms with van der Waals surface area (Å²) >= 11 is 0. The van der Waals surface area contributed by atoms with Crippen molar-refractivity contribution in [1.29, 1.82) is 0 Å². The number of carbonyl (C=O) groups is 1. The van der Waals surface area contributed by atoms with E-state index in [-0.39, 0.29) is 25.4 Å². The lowest BCUT2D eigenvalue weighted by atomic mass is 10.4. The van der Waals surface area contributed by atoms with Gasteiger partial charge < -0.3 is 14.7 Å². The van der Waals surface area contributed by atoms with Gasteiger partial charge in [-0.2, -0.15) is 0 Å². The standard InChI is InChI=1S/C8H15O7P/c1-7(2)8(10)13-5-6-15-16(11,12)14-4-3-9/h9H,1,3-6H2,2H3,(H,11,12). The summed E-state index contributed by atoms with van der Waals surface area (Å²) in [6, 6.07) is 0. The number of phosphoric acid groups is 1. The highest BCUT2D eigenvalue weighted by atomic mass is 31.2. The van der Waals surface area contributed by atoms with Crippen molar-refractivity contribution in [2.75, 3.05) is 26.4 Å². The van der Waals surface area contributed by atoms with Crippen LogP contribution in [0.2, 0.25) is 0 Å². The number of ether oxygens (including phenoxy) is 1. The molecule has 0 aromatic carbocycles. The van der Waals surface area contributed by atoms with E-state index in [4.69, 9.17) is 10.00 Å². The highest BCUT2D eigenvalue weighted by molar-refractivity contribution is 7.47. The molecule has 0 aromatic rings. The highest BCUT2D eigenvalue weighted by Gasteiger charge is 2.20. The van der Waals surface area contributed by atoms with Gasteiger partial charge in [-0.15, -0.1) is 0 Å². The van der Waals surface area contributed by atoms with E-state index in [9.17, 15) is 9.36 Å². The Kier molecular flexibility index (Phi) is 7.20. The van der Waals surface area contributed by atoms with E-state index in [0.717, 1.165) is 0 Å². The lowest BCUT2D eigenvalue weighted by molar-refractivity contribution is -0.139. The van der Waals surface area contributed by atoms with Crippen molar-refractivity contribution in [3.8, 4) is 0 Å². The van der Waals surface area contributed by atoms with E-state index in [1.54, 1.807) is 0 Å². The molecule has 2 N–H and O–H groups in total. The molecule has 0 aliphatic carbocycles. The molecule has 0 spiro atoms. The first-order valence-corrected chi connectivity index (χ1v) is 5.94. The number of hydrogen-bond acceptors (Lipinski definition) is 6. The highest BCUT2D eigenvalue weighted by Crippen LogP contribution is 2.42. The maximum atomic E-state index is 11.0. The first-order chi connectivity index (χ1) is 7.39. The molecule has 0 saturated heterocycles. The molecule has 8 heteroatoms. The third kappa shape index (κ3) is 7.56. The first kappa shape index (κ1) is 15.3. The number of aliphatic hydroxyl groups is 1. The van der Waals surface area contributed by atoms with Gasteiger partial charge in [-0.05, 0) is 6.92 Å². The second-order valence-electron chi connectivity index (χ2n) is 2.77. The van der Waals surface area contributed by atoms with Crippen LogP contribution in [-0.2, 0) is 23.1 Å². The Labute approximate surface area is 93.2 Å². The minimum Gasteiger partial charge on any atom is -0.460 e. The third-order valence-corrected chi connectivity index (χ3v) is 2.28.